The molecule has 0 saturated heterocycles. The van der Waals surface area contributed by atoms with Crippen LogP contribution in [0.3, 0.4) is 0 Å². The van der Waals surface area contributed by atoms with Gasteiger partial charge in [0.15, 0.2) is 0 Å². The number of pyridine rings is 2. The van der Waals surface area contributed by atoms with E-state index in [2.05, 4.69) is 15.3 Å². The highest BCUT2D eigenvalue weighted by Gasteiger charge is 2.23. The van der Waals surface area contributed by atoms with Crippen molar-refractivity contribution in [3.8, 4) is 0 Å². The number of esters is 1. The molecule has 2 rings (SSSR count). The Morgan fingerprint density at radius 3 is 2.46 bits per heavy atom. The molecule has 26 heavy (non-hydrogen) atoms. The Hall–Kier alpha value is -1.89. The van der Waals surface area contributed by atoms with Crippen LogP contribution in [-0.4, -0.2) is 33.8 Å². The zero-order valence-electron chi connectivity index (χ0n) is 13.8. The van der Waals surface area contributed by atoms with Gasteiger partial charge in [-0.1, -0.05) is 29.3 Å². The molecule has 138 valence electrons. The summed E-state index contributed by atoms with van der Waals surface area (Å²) in [5.74, 6) is -1.33. The Kier molecular flexibility index (Phi) is 7.63. The second-order valence-electron chi connectivity index (χ2n) is 5.49. The molecule has 0 radical (unpaired) electrons. The molecule has 1 atom stereocenters. The van der Waals surface area contributed by atoms with E-state index in [1.54, 1.807) is 6.20 Å². The summed E-state index contributed by atoms with van der Waals surface area (Å²) in [6, 6.07) is 5.84. The lowest BCUT2D eigenvalue weighted by atomic mass is 10.1. The number of nitrogens with one attached hydrogen (secondary N) is 1. The van der Waals surface area contributed by atoms with Gasteiger partial charge in [-0.3, -0.25) is 9.78 Å². The molecule has 0 aliphatic rings. The number of alkyl halides is 1. The summed E-state index contributed by atoms with van der Waals surface area (Å²) in [6.45, 7) is 1.80. The molecule has 0 saturated carbocycles. The van der Waals surface area contributed by atoms with E-state index >= 15 is 0 Å². The van der Waals surface area contributed by atoms with Crippen LogP contribution < -0.4 is 5.32 Å². The van der Waals surface area contributed by atoms with Crippen LogP contribution in [0.5, 0.6) is 0 Å². The molecule has 0 fully saturated rings. The van der Waals surface area contributed by atoms with Crippen LogP contribution in [-0.2, 0) is 27.4 Å². The van der Waals surface area contributed by atoms with Crippen molar-refractivity contribution in [1.82, 2.24) is 15.3 Å². The minimum absolute atomic E-state index is 0.0554. The molecule has 2 aromatic heterocycles. The van der Waals surface area contributed by atoms with Gasteiger partial charge in [0.05, 0.1) is 0 Å². The third-order valence-corrected chi connectivity index (χ3v) is 3.99. The fourth-order valence-electron chi connectivity index (χ4n) is 2.13. The second-order valence-corrected chi connectivity index (χ2v) is 6.54. The van der Waals surface area contributed by atoms with Crippen LogP contribution in [0.4, 0.5) is 0 Å². The summed E-state index contributed by atoms with van der Waals surface area (Å²) in [6.07, 6.45) is 1.87. The molecule has 1 amide bonds. The molecule has 1 N–H and O–H groups in total. The van der Waals surface area contributed by atoms with Crippen molar-refractivity contribution in [2.45, 2.75) is 26.0 Å². The van der Waals surface area contributed by atoms with E-state index in [0.29, 0.717) is 5.56 Å². The minimum Gasteiger partial charge on any atom is -0.459 e. The number of halogens is 3. The zero-order valence-corrected chi connectivity index (χ0v) is 16.1. The van der Waals surface area contributed by atoms with Crippen LogP contribution in [0.2, 0.25) is 10.3 Å². The number of carbonyl (C=O) groups is 2. The van der Waals surface area contributed by atoms with Gasteiger partial charge < -0.3 is 10.1 Å². The Morgan fingerprint density at radius 1 is 1.19 bits per heavy atom. The number of aromatic nitrogens is 2. The van der Waals surface area contributed by atoms with Gasteiger partial charge in [0, 0.05) is 18.3 Å². The quantitative estimate of drug-likeness (QED) is 0.426. The molecule has 0 bridgehead atoms. The third kappa shape index (κ3) is 6.44. The van der Waals surface area contributed by atoms with Crippen molar-refractivity contribution < 1.29 is 14.3 Å². The van der Waals surface area contributed by atoms with Crippen LogP contribution >= 0.6 is 34.8 Å². The lowest BCUT2D eigenvalue weighted by Crippen LogP contribution is -2.43. The number of ether oxygens (including phenoxy) is 1. The first-order valence-corrected chi connectivity index (χ1v) is 8.92. The summed E-state index contributed by atoms with van der Waals surface area (Å²) < 4.78 is 5.28. The van der Waals surface area contributed by atoms with Gasteiger partial charge in [0.25, 0.3) is 0 Å². The maximum atomic E-state index is 12.4. The average Bonchev–Trinajstić information content (AvgIpc) is 2.60. The van der Waals surface area contributed by atoms with E-state index in [1.807, 2.05) is 19.1 Å². The summed E-state index contributed by atoms with van der Waals surface area (Å²) in [5, 5.41) is 2.94. The zero-order chi connectivity index (χ0) is 19.1. The topological polar surface area (TPSA) is 81.2 Å². The van der Waals surface area contributed by atoms with Crippen LogP contribution in [0.15, 0.2) is 30.5 Å². The number of nitrogens with zero attached hydrogens (tertiary/aromatic N) is 2. The molecule has 0 aromatic carbocycles. The van der Waals surface area contributed by atoms with Gasteiger partial charge in [-0.15, -0.1) is 11.6 Å². The van der Waals surface area contributed by atoms with Crippen molar-refractivity contribution in [1.29, 1.82) is 0 Å². The van der Waals surface area contributed by atoms with E-state index in [9.17, 15) is 9.59 Å². The molecule has 2 heterocycles. The van der Waals surface area contributed by atoms with Gasteiger partial charge >= 0.3 is 5.97 Å². The minimum atomic E-state index is -0.890. The monoisotopic (exact) mass is 415 g/mol. The van der Waals surface area contributed by atoms with E-state index < -0.39 is 17.9 Å². The van der Waals surface area contributed by atoms with Crippen molar-refractivity contribution in [3.05, 3.63) is 57.6 Å². The SMILES string of the molecule is Cc1ccc(C[C@H](NC(=O)CCl)C(=O)OCc2cc(Cl)nc(Cl)c2)cn1. The highest BCUT2D eigenvalue weighted by molar-refractivity contribution is 6.32. The lowest BCUT2D eigenvalue weighted by molar-refractivity contribution is -0.148. The molecule has 9 heteroatoms. The highest BCUT2D eigenvalue weighted by Crippen LogP contribution is 2.16. The standard InChI is InChI=1S/C17H16Cl3N3O3/c1-10-2-3-11(8-21-10)4-13(22-16(24)7-18)17(25)26-9-12-5-14(19)23-15(20)6-12/h2-3,5-6,8,13H,4,7,9H2,1H3,(H,22,24)/t13-/m0/s1. The molecule has 0 aliphatic carbocycles. The molecular weight excluding hydrogens is 401 g/mol. The van der Waals surface area contributed by atoms with Gasteiger partial charge in [-0.25, -0.2) is 9.78 Å². The number of carbonyl (C=O) groups excluding carboxylic acids is 2. The van der Waals surface area contributed by atoms with Crippen molar-refractivity contribution in [2.75, 3.05) is 5.88 Å². The molecule has 6 nitrogen and oxygen atoms in total. The largest absolute Gasteiger partial charge is 0.459 e. The third-order valence-electron chi connectivity index (χ3n) is 3.36. The molecule has 0 spiro atoms. The summed E-state index contributed by atoms with van der Waals surface area (Å²) in [5.41, 5.74) is 2.22. The Bertz CT molecular complexity index is 764. The normalized spacial score (nSPS) is 11.7. The van der Waals surface area contributed by atoms with Crippen LogP contribution in [0.25, 0.3) is 0 Å². The summed E-state index contributed by atoms with van der Waals surface area (Å²) in [4.78, 5) is 32.1. The van der Waals surface area contributed by atoms with Crippen LogP contribution in [0, 0.1) is 6.92 Å². The van der Waals surface area contributed by atoms with Crippen LogP contribution in [0.1, 0.15) is 16.8 Å². The summed E-state index contributed by atoms with van der Waals surface area (Å²) in [7, 11) is 0. The van der Waals surface area contributed by atoms with Crippen molar-refractivity contribution in [3.63, 3.8) is 0 Å². The van der Waals surface area contributed by atoms with E-state index in [1.165, 1.54) is 12.1 Å². The first-order chi connectivity index (χ1) is 12.4. The van der Waals surface area contributed by atoms with E-state index in [0.717, 1.165) is 11.3 Å². The smallest absolute Gasteiger partial charge is 0.329 e. The molecular formula is C17H16Cl3N3O3. The fourth-order valence-corrected chi connectivity index (χ4v) is 2.72. The Labute approximate surface area is 165 Å². The first kappa shape index (κ1) is 20.4. The molecule has 2 aromatic rings. The number of amides is 1. The number of hydrogen-bond acceptors (Lipinski definition) is 5. The van der Waals surface area contributed by atoms with Gasteiger partial charge in [-0.05, 0) is 36.2 Å². The average molecular weight is 417 g/mol. The fraction of sp³-hybridized carbons (Fsp3) is 0.294. The number of aryl methyl sites for hydroxylation is 1. The van der Waals surface area contributed by atoms with Gasteiger partial charge in [0.1, 0.15) is 28.8 Å². The number of hydrogen-bond donors (Lipinski definition) is 1. The summed E-state index contributed by atoms with van der Waals surface area (Å²) >= 11 is 17.2. The predicted molar refractivity (Wildman–Crippen MR) is 99.4 cm³/mol. The van der Waals surface area contributed by atoms with Crippen molar-refractivity contribution >= 4 is 46.7 Å². The molecule has 0 aliphatic heterocycles. The first-order valence-electron chi connectivity index (χ1n) is 7.63. The maximum absolute atomic E-state index is 12.4. The maximum Gasteiger partial charge on any atom is 0.329 e. The van der Waals surface area contributed by atoms with E-state index in [4.69, 9.17) is 39.5 Å². The van der Waals surface area contributed by atoms with Gasteiger partial charge in [-0.2, -0.15) is 0 Å². The number of rotatable bonds is 7. The van der Waals surface area contributed by atoms with E-state index in [-0.39, 0.29) is 29.2 Å². The Morgan fingerprint density at radius 2 is 1.88 bits per heavy atom. The highest BCUT2D eigenvalue weighted by atomic mass is 35.5. The second kappa shape index (κ2) is 9.71. The lowest BCUT2D eigenvalue weighted by Gasteiger charge is -2.17. The Balaban J connectivity index is 2.06. The molecule has 0 unspecified atom stereocenters. The predicted octanol–water partition coefficient (Wildman–Crippen LogP) is 3.10. The van der Waals surface area contributed by atoms with Gasteiger partial charge in [0.2, 0.25) is 5.91 Å². The van der Waals surface area contributed by atoms with Crippen molar-refractivity contribution in [2.24, 2.45) is 0 Å².